The zero-order chi connectivity index (χ0) is 31.3. The van der Waals surface area contributed by atoms with Crippen molar-refractivity contribution >= 4 is 40.6 Å². The molecule has 0 aliphatic rings. The van der Waals surface area contributed by atoms with Crippen molar-refractivity contribution in [1.29, 1.82) is 0 Å². The first-order chi connectivity index (χ1) is 18.9. The molecule has 41 heavy (non-hydrogen) atoms. The molecule has 0 spiro atoms. The predicted molar refractivity (Wildman–Crippen MR) is 159 cm³/mol. The molecule has 0 radical (unpaired) electrons. The number of hydrogen-bond acceptors (Lipinski definition) is 9. The Morgan fingerprint density at radius 1 is 1.17 bits per heavy atom. The number of aliphatic hydroxyl groups excluding tert-OH is 2. The molecule has 0 aromatic carbocycles. The molecule has 0 aliphatic heterocycles. The second-order valence-electron chi connectivity index (χ2n) is 12.4. The van der Waals surface area contributed by atoms with Crippen molar-refractivity contribution in [2.45, 2.75) is 111 Å². The van der Waals surface area contributed by atoms with E-state index in [1.165, 1.54) is 0 Å². The number of halogens is 1. The Morgan fingerprint density at radius 2 is 1.80 bits per heavy atom. The quantitative estimate of drug-likeness (QED) is 0.198. The molecule has 230 valence electrons. The molecule has 0 saturated heterocycles. The van der Waals surface area contributed by atoms with Crippen molar-refractivity contribution in [3.05, 3.63) is 22.9 Å². The summed E-state index contributed by atoms with van der Waals surface area (Å²) in [6.07, 6.45) is 2.52. The van der Waals surface area contributed by atoms with E-state index in [2.05, 4.69) is 15.0 Å². The Kier molecular flexibility index (Phi) is 12.0. The summed E-state index contributed by atoms with van der Waals surface area (Å²) >= 11 is 6.26. The normalized spacial score (nSPS) is 16.8. The first kappa shape index (κ1) is 34.8. The number of aliphatic hydroxyl groups is 3. The number of esters is 1. The molecule has 10 nitrogen and oxygen atoms in total. The van der Waals surface area contributed by atoms with Crippen LogP contribution >= 0.6 is 11.6 Å². The summed E-state index contributed by atoms with van der Waals surface area (Å²) in [7, 11) is 1.80. The van der Waals surface area contributed by atoms with Gasteiger partial charge in [-0.05, 0) is 57.6 Å². The van der Waals surface area contributed by atoms with Gasteiger partial charge in [0.1, 0.15) is 17.4 Å². The van der Waals surface area contributed by atoms with E-state index in [1.807, 2.05) is 13.8 Å². The minimum absolute atomic E-state index is 0.174. The molecule has 11 heteroatoms. The minimum Gasteiger partial charge on any atom is -0.458 e. The van der Waals surface area contributed by atoms with Crippen LogP contribution in [0.3, 0.4) is 0 Å². The summed E-state index contributed by atoms with van der Waals surface area (Å²) in [5.74, 6) is -1.54. The third-order valence-corrected chi connectivity index (χ3v) is 8.09. The molecule has 5 atom stereocenters. The van der Waals surface area contributed by atoms with Crippen LogP contribution in [0.5, 0.6) is 0 Å². The molecule has 0 bridgehead atoms. The van der Waals surface area contributed by atoms with Gasteiger partial charge in [-0.1, -0.05) is 52.6 Å². The number of carbonyl (C=O) groups is 2. The zero-order valence-corrected chi connectivity index (χ0v) is 26.6. The second-order valence-corrected chi connectivity index (χ2v) is 12.8. The summed E-state index contributed by atoms with van der Waals surface area (Å²) in [6, 6.07) is 0. The van der Waals surface area contributed by atoms with Gasteiger partial charge in [0.05, 0.1) is 36.0 Å². The summed E-state index contributed by atoms with van der Waals surface area (Å²) < 4.78 is 7.40. The fourth-order valence-corrected chi connectivity index (χ4v) is 5.11. The van der Waals surface area contributed by atoms with Crippen LogP contribution in [0.4, 0.5) is 0 Å². The van der Waals surface area contributed by atoms with Crippen LogP contribution in [0.15, 0.2) is 11.9 Å². The summed E-state index contributed by atoms with van der Waals surface area (Å²) in [5.41, 5.74) is -0.309. The number of aromatic nitrogens is 4. The van der Waals surface area contributed by atoms with Crippen molar-refractivity contribution in [2.24, 2.45) is 24.3 Å². The fourth-order valence-electron chi connectivity index (χ4n) is 4.89. The van der Waals surface area contributed by atoms with E-state index in [-0.39, 0.29) is 23.3 Å². The van der Waals surface area contributed by atoms with Crippen molar-refractivity contribution in [3.8, 4) is 0 Å². The number of aryl methyl sites for hydroxylation is 1. The number of ketones is 1. The highest BCUT2D eigenvalue weighted by atomic mass is 35.5. The van der Waals surface area contributed by atoms with Crippen molar-refractivity contribution in [2.75, 3.05) is 0 Å². The van der Waals surface area contributed by atoms with Gasteiger partial charge < -0.3 is 24.6 Å². The van der Waals surface area contributed by atoms with E-state index >= 15 is 0 Å². The van der Waals surface area contributed by atoms with Gasteiger partial charge in [0, 0.05) is 13.0 Å². The molecule has 2 aromatic heterocycles. The highest BCUT2D eigenvalue weighted by molar-refractivity contribution is 6.33. The average molecular weight is 595 g/mol. The highest BCUT2D eigenvalue weighted by Crippen LogP contribution is 2.32. The number of rotatable bonds is 15. The third kappa shape index (κ3) is 9.30. The Hall–Kier alpha value is -2.40. The average Bonchev–Trinajstić information content (AvgIpc) is 3.25. The van der Waals surface area contributed by atoms with Gasteiger partial charge in [-0.15, -0.1) is 0 Å². The second kappa shape index (κ2) is 14.2. The summed E-state index contributed by atoms with van der Waals surface area (Å²) in [4.78, 5) is 39.1. The Bertz CT molecular complexity index is 1240. The lowest BCUT2D eigenvalue weighted by molar-refractivity contribution is -0.154. The number of hydrogen-bond donors (Lipinski definition) is 3. The molecule has 2 heterocycles. The summed E-state index contributed by atoms with van der Waals surface area (Å²) in [5, 5.41) is 31.9. The zero-order valence-electron chi connectivity index (χ0n) is 25.8. The Balaban J connectivity index is 2.03. The van der Waals surface area contributed by atoms with Crippen LogP contribution < -0.4 is 0 Å². The van der Waals surface area contributed by atoms with Crippen LogP contribution in [-0.2, 0) is 21.4 Å². The van der Waals surface area contributed by atoms with Gasteiger partial charge in [-0.25, -0.2) is 15.0 Å². The van der Waals surface area contributed by atoms with Crippen LogP contribution in [-0.4, -0.2) is 70.5 Å². The smallest absolute Gasteiger partial charge is 0.309 e. The number of carbonyl (C=O) groups excluding carboxylic acids is 2. The SMILES string of the molecule is CC[C@H](OC(=O)C[C@H](O)C(C)(C)C(=O)[C@H](C)[C@@H](O)[C@@H](C)CCCC(C)(C)O)/C(C)=C/c1nc(Cl)c2ncn(C)c2n1. The molecule has 2 aromatic rings. The van der Waals surface area contributed by atoms with Crippen LogP contribution in [0.25, 0.3) is 17.2 Å². The number of imidazole rings is 1. The maximum atomic E-state index is 13.3. The maximum Gasteiger partial charge on any atom is 0.309 e. The van der Waals surface area contributed by atoms with E-state index in [0.29, 0.717) is 48.2 Å². The lowest BCUT2D eigenvalue weighted by Gasteiger charge is -2.34. The maximum absolute atomic E-state index is 13.3. The van der Waals surface area contributed by atoms with E-state index in [0.717, 1.165) is 0 Å². The number of fused-ring (bicyclic) bond motifs is 1. The van der Waals surface area contributed by atoms with E-state index < -0.39 is 41.2 Å². The van der Waals surface area contributed by atoms with Gasteiger partial charge in [-0.2, -0.15) is 0 Å². The molecular weight excluding hydrogens is 548 g/mol. The lowest BCUT2D eigenvalue weighted by atomic mass is 9.73. The Labute approximate surface area is 248 Å². The summed E-state index contributed by atoms with van der Waals surface area (Å²) in [6.45, 7) is 13.8. The van der Waals surface area contributed by atoms with Crippen LogP contribution in [0, 0.1) is 17.3 Å². The standard InChI is InChI=1S/C30H47ClN4O6/c1-10-20(18(3)14-22-33-27(31)24-28(34-22)35(9)16-32-24)41-23(37)15-21(36)30(7,8)26(39)19(4)25(38)17(2)12-11-13-29(5,6)40/h14,16-17,19-21,25,36,38,40H,10-13,15H2,1-9H3/b18-14+/t17-,19+,20-,21-,25-/m0/s1. The van der Waals surface area contributed by atoms with Crippen LogP contribution in [0.1, 0.15) is 93.3 Å². The lowest BCUT2D eigenvalue weighted by Crippen LogP contribution is -2.45. The fraction of sp³-hybridized carbons (Fsp3) is 0.700. The van der Waals surface area contributed by atoms with Gasteiger partial charge in [0.15, 0.2) is 16.6 Å². The number of Topliss-reactive ketones (excluding diaryl/α,β-unsaturated/α-hetero) is 1. The topological polar surface area (TPSA) is 148 Å². The molecular formula is C30H47ClN4O6. The van der Waals surface area contributed by atoms with E-state index in [1.54, 1.807) is 65.6 Å². The first-order valence-electron chi connectivity index (χ1n) is 14.2. The molecule has 2 rings (SSSR count). The number of nitrogens with zero attached hydrogens (tertiary/aromatic N) is 4. The monoisotopic (exact) mass is 594 g/mol. The predicted octanol–water partition coefficient (Wildman–Crippen LogP) is 4.66. The molecule has 0 amide bonds. The van der Waals surface area contributed by atoms with Gasteiger partial charge in [-0.3, -0.25) is 9.59 Å². The third-order valence-electron chi connectivity index (χ3n) is 7.83. The molecule has 0 unspecified atom stereocenters. The molecule has 0 fully saturated rings. The van der Waals surface area contributed by atoms with Crippen molar-refractivity contribution < 1.29 is 29.6 Å². The van der Waals surface area contributed by atoms with Gasteiger partial charge in [0.2, 0.25) is 0 Å². The molecule has 3 N–H and O–H groups in total. The van der Waals surface area contributed by atoms with Gasteiger partial charge in [0.25, 0.3) is 0 Å². The van der Waals surface area contributed by atoms with E-state index in [4.69, 9.17) is 16.3 Å². The van der Waals surface area contributed by atoms with Crippen LogP contribution in [0.2, 0.25) is 5.15 Å². The Morgan fingerprint density at radius 3 is 2.39 bits per heavy atom. The van der Waals surface area contributed by atoms with Crippen molar-refractivity contribution in [3.63, 3.8) is 0 Å². The number of ether oxygens (including phenoxy) is 1. The van der Waals surface area contributed by atoms with Crippen molar-refractivity contribution in [1.82, 2.24) is 19.5 Å². The van der Waals surface area contributed by atoms with E-state index in [9.17, 15) is 24.9 Å². The first-order valence-corrected chi connectivity index (χ1v) is 14.6. The largest absolute Gasteiger partial charge is 0.458 e. The molecule has 0 saturated carbocycles. The van der Waals surface area contributed by atoms with Gasteiger partial charge >= 0.3 is 5.97 Å². The molecule has 0 aliphatic carbocycles. The minimum atomic E-state index is -1.31. The highest BCUT2D eigenvalue weighted by Gasteiger charge is 2.42.